The number of fused-ring (bicyclic) bond motifs is 2. The Hall–Kier alpha value is -2.52. The number of cyclic esters (lactones) is 1. The van der Waals surface area contributed by atoms with Gasteiger partial charge in [-0.1, -0.05) is 39.8 Å². The second-order valence-electron chi connectivity index (χ2n) is 15.9. The van der Waals surface area contributed by atoms with Gasteiger partial charge in [-0.15, -0.1) is 0 Å². The topological polar surface area (TPSA) is 171 Å². The van der Waals surface area contributed by atoms with Crippen LogP contribution in [0.1, 0.15) is 80.2 Å². The summed E-state index contributed by atoms with van der Waals surface area (Å²) in [6, 6.07) is 6.51. The first-order valence-electron chi connectivity index (χ1n) is 18.4. The van der Waals surface area contributed by atoms with Crippen LogP contribution in [0.3, 0.4) is 0 Å². The Bertz CT molecular complexity index is 1310. The lowest BCUT2D eigenvalue weighted by Crippen LogP contribution is -2.59. The highest BCUT2D eigenvalue weighted by Gasteiger charge is 2.57. The van der Waals surface area contributed by atoms with Crippen molar-refractivity contribution in [2.75, 3.05) is 21.2 Å². The van der Waals surface area contributed by atoms with Gasteiger partial charge in [-0.05, 0) is 84.7 Å². The molecule has 5 N–H and O–H groups in total. The number of rotatable bonds is 8. The van der Waals surface area contributed by atoms with Crippen molar-refractivity contribution in [1.82, 2.24) is 10.2 Å². The molecule has 13 heteroatoms. The lowest BCUT2D eigenvalue weighted by Gasteiger charge is -2.47. The average Bonchev–Trinajstić information content (AvgIpc) is 3.32. The van der Waals surface area contributed by atoms with Crippen LogP contribution >= 0.6 is 0 Å². The van der Waals surface area contributed by atoms with E-state index in [1.807, 2.05) is 65.7 Å². The Morgan fingerprint density at radius 3 is 2.33 bits per heavy atom. The zero-order chi connectivity index (χ0) is 38.0. The maximum Gasteiger partial charge on any atom is 0.407 e. The van der Waals surface area contributed by atoms with Gasteiger partial charge >= 0.3 is 12.1 Å². The third-order valence-electron chi connectivity index (χ3n) is 11.6. The normalized spacial score (nSPS) is 42.3. The molecule has 15 atom stereocenters. The zero-order valence-electron chi connectivity index (χ0n) is 32.3. The molecule has 1 aromatic carbocycles. The van der Waals surface area contributed by atoms with Gasteiger partial charge in [0.25, 0.3) is 0 Å². The van der Waals surface area contributed by atoms with Crippen LogP contribution in [0.25, 0.3) is 0 Å². The molecule has 4 rings (SSSR count). The number of benzene rings is 1. The quantitative estimate of drug-likeness (QED) is 0.288. The fourth-order valence-corrected chi connectivity index (χ4v) is 8.56. The molecule has 1 aromatic rings. The number of nitrogens with two attached hydrogens (primary N) is 1. The number of hydrogen-bond donors (Lipinski definition) is 4. The number of hydrogen-bond acceptors (Lipinski definition) is 12. The maximum atomic E-state index is 14.1. The van der Waals surface area contributed by atoms with E-state index in [1.165, 1.54) is 0 Å². The summed E-state index contributed by atoms with van der Waals surface area (Å²) in [4.78, 5) is 29.5. The van der Waals surface area contributed by atoms with Crippen LogP contribution in [0.2, 0.25) is 0 Å². The van der Waals surface area contributed by atoms with E-state index >= 15 is 0 Å². The van der Waals surface area contributed by atoms with E-state index in [1.54, 1.807) is 40.0 Å². The molecule has 3 heterocycles. The SMILES string of the molecule is CC[C@H]1OC(=O)[C@H](C)[C@@H](OC(=O)NCc2ccc(OC)cc2)[C@H](C)[C@@H](O[C@@H]2O[C@H](C)C[C@H](N(C)C)[C@H]2O)[C@@](C)(O)C[C@@H](C)[C@@H]2OC1(C)[C@@H](N)[C@H]2C. The summed E-state index contributed by atoms with van der Waals surface area (Å²) in [5.41, 5.74) is 5.06. The van der Waals surface area contributed by atoms with Crippen LogP contribution in [0.4, 0.5) is 4.79 Å². The zero-order valence-corrected chi connectivity index (χ0v) is 32.3. The summed E-state index contributed by atoms with van der Waals surface area (Å²) in [7, 11) is 5.35. The van der Waals surface area contributed by atoms with Gasteiger partial charge in [-0.25, -0.2) is 4.79 Å². The van der Waals surface area contributed by atoms with Crippen molar-refractivity contribution in [2.45, 2.75) is 147 Å². The van der Waals surface area contributed by atoms with Gasteiger partial charge in [-0.2, -0.15) is 0 Å². The van der Waals surface area contributed by atoms with E-state index in [-0.39, 0.29) is 43.1 Å². The van der Waals surface area contributed by atoms with E-state index in [2.05, 4.69) is 5.32 Å². The minimum absolute atomic E-state index is 0.110. The predicted octanol–water partition coefficient (Wildman–Crippen LogP) is 3.61. The van der Waals surface area contributed by atoms with Crippen molar-refractivity contribution in [1.29, 1.82) is 0 Å². The number of carbonyl (C=O) groups is 2. The first-order chi connectivity index (χ1) is 23.8. The fourth-order valence-electron chi connectivity index (χ4n) is 8.56. The van der Waals surface area contributed by atoms with Gasteiger partial charge in [-0.3, -0.25) is 4.79 Å². The monoisotopic (exact) mass is 721 g/mol. The molecular formula is C38H63N3O10. The molecule has 0 saturated carbocycles. The van der Waals surface area contributed by atoms with Crippen LogP contribution in [0, 0.1) is 23.7 Å². The largest absolute Gasteiger partial charge is 0.497 e. The van der Waals surface area contributed by atoms with Crippen LogP contribution < -0.4 is 15.8 Å². The summed E-state index contributed by atoms with van der Waals surface area (Å²) in [5.74, 6) is -2.03. The van der Waals surface area contributed by atoms with Crippen LogP contribution in [0.15, 0.2) is 24.3 Å². The van der Waals surface area contributed by atoms with Crippen LogP contribution in [-0.4, -0.2) is 115 Å². The summed E-state index contributed by atoms with van der Waals surface area (Å²) in [6.45, 7) is 15.0. The average molecular weight is 722 g/mol. The number of alkyl carbamates (subject to hydrolysis) is 1. The summed E-state index contributed by atoms with van der Waals surface area (Å²) in [6.07, 6.45) is -5.15. The third kappa shape index (κ3) is 9.00. The minimum atomic E-state index is -1.58. The van der Waals surface area contributed by atoms with Gasteiger partial charge in [0.1, 0.15) is 29.7 Å². The molecule has 3 fully saturated rings. The number of likely N-dealkylation sites (N-methyl/N-ethyl adjacent to an activating group) is 1. The number of aliphatic hydroxyl groups excluding tert-OH is 1. The van der Waals surface area contributed by atoms with E-state index in [4.69, 9.17) is 34.2 Å². The molecule has 3 aliphatic rings. The van der Waals surface area contributed by atoms with Gasteiger partial charge in [0.15, 0.2) is 6.29 Å². The first-order valence-corrected chi connectivity index (χ1v) is 18.4. The lowest BCUT2D eigenvalue weighted by molar-refractivity contribution is -0.299. The minimum Gasteiger partial charge on any atom is -0.497 e. The molecule has 0 radical (unpaired) electrons. The number of ether oxygens (including phenoxy) is 6. The fraction of sp³-hybridized carbons (Fsp3) is 0.789. The Balaban J connectivity index is 1.74. The Kier molecular flexibility index (Phi) is 13.5. The summed E-state index contributed by atoms with van der Waals surface area (Å²) in [5, 5.41) is 26.7. The summed E-state index contributed by atoms with van der Waals surface area (Å²) < 4.78 is 37.0. The molecule has 1 amide bonds. The molecular weight excluding hydrogens is 658 g/mol. The lowest BCUT2D eigenvalue weighted by atomic mass is 9.75. The molecule has 3 aliphatic heterocycles. The number of methoxy groups -OCH3 is 1. The van der Waals surface area contributed by atoms with E-state index in [0.29, 0.717) is 18.6 Å². The number of nitrogens with one attached hydrogen (secondary N) is 1. The second-order valence-corrected chi connectivity index (χ2v) is 15.9. The molecule has 13 nitrogen and oxygen atoms in total. The van der Waals surface area contributed by atoms with Crippen molar-refractivity contribution < 1.29 is 48.2 Å². The molecule has 1 unspecified atom stereocenters. The number of amides is 1. The van der Waals surface area contributed by atoms with Crippen molar-refractivity contribution in [2.24, 2.45) is 29.4 Å². The van der Waals surface area contributed by atoms with Crippen LogP contribution in [-0.2, 0) is 35.0 Å². The molecule has 0 aromatic heterocycles. The number of esters is 1. The first kappa shape index (κ1) is 41.2. The van der Waals surface area contributed by atoms with Gasteiger partial charge in [0.05, 0.1) is 36.9 Å². The van der Waals surface area contributed by atoms with Crippen LogP contribution in [0.5, 0.6) is 5.75 Å². The van der Waals surface area contributed by atoms with Crippen molar-refractivity contribution in [3.05, 3.63) is 29.8 Å². The predicted molar refractivity (Wildman–Crippen MR) is 191 cm³/mol. The smallest absolute Gasteiger partial charge is 0.407 e. The van der Waals surface area contributed by atoms with Gasteiger partial charge in [0.2, 0.25) is 0 Å². The van der Waals surface area contributed by atoms with Crippen molar-refractivity contribution >= 4 is 12.1 Å². The van der Waals surface area contributed by atoms with Gasteiger partial charge < -0.3 is 54.6 Å². The third-order valence-corrected chi connectivity index (χ3v) is 11.6. The van der Waals surface area contributed by atoms with Crippen molar-refractivity contribution in [3.8, 4) is 5.75 Å². The van der Waals surface area contributed by atoms with Crippen molar-refractivity contribution in [3.63, 3.8) is 0 Å². The molecule has 290 valence electrons. The number of aliphatic hydroxyl groups is 2. The van der Waals surface area contributed by atoms with E-state index < -0.39 is 71.8 Å². The molecule has 3 saturated heterocycles. The highest BCUT2D eigenvalue weighted by atomic mass is 16.7. The van der Waals surface area contributed by atoms with Gasteiger partial charge in [0, 0.05) is 30.5 Å². The molecule has 0 aliphatic carbocycles. The van der Waals surface area contributed by atoms with E-state index in [9.17, 15) is 19.8 Å². The molecule has 2 bridgehead atoms. The molecule has 51 heavy (non-hydrogen) atoms. The standard InChI is InChI=1S/C38H63N3O10/c1-12-28-38(8)32(39)22(4)30(51-38)20(2)18-37(7,45)33(50-35-29(42)27(41(9)10)17-21(3)47-35)23(5)31(24(6)34(43)48-28)49-36(44)40-19-25-13-15-26(46-11)16-14-25/h13-16,20-24,27-33,35,42,45H,12,17-19,39H2,1-11H3,(H,40,44)/t20-,21-,22+,23+,24-,27+,28-,29-,30+,31+,32+,33-,35+,37+,38?/m1/s1. The number of carbonyl (C=O) groups excluding carboxylic acids is 2. The molecule has 0 spiro atoms. The maximum absolute atomic E-state index is 14.1. The summed E-state index contributed by atoms with van der Waals surface area (Å²) >= 11 is 0. The highest BCUT2D eigenvalue weighted by Crippen LogP contribution is 2.45. The Labute approximate surface area is 303 Å². The second kappa shape index (κ2) is 16.7. The Morgan fingerprint density at radius 1 is 1.10 bits per heavy atom. The number of nitrogens with zero attached hydrogens (tertiary/aromatic N) is 1. The van der Waals surface area contributed by atoms with E-state index in [0.717, 1.165) is 5.56 Å². The highest BCUT2D eigenvalue weighted by molar-refractivity contribution is 5.74. The Morgan fingerprint density at radius 2 is 1.75 bits per heavy atom.